The van der Waals surface area contributed by atoms with E-state index in [-0.39, 0.29) is 12.2 Å². The van der Waals surface area contributed by atoms with E-state index in [0.717, 1.165) is 10.7 Å². The fourth-order valence-corrected chi connectivity index (χ4v) is 2.75. The van der Waals surface area contributed by atoms with Crippen LogP contribution in [0.5, 0.6) is 0 Å². The van der Waals surface area contributed by atoms with Crippen molar-refractivity contribution >= 4 is 23.2 Å². The zero-order valence-electron chi connectivity index (χ0n) is 11.2. The van der Waals surface area contributed by atoms with Crippen molar-refractivity contribution in [2.24, 2.45) is 5.73 Å². The maximum Gasteiger partial charge on any atom is 0.360 e. The summed E-state index contributed by atoms with van der Waals surface area (Å²) in [6.07, 6.45) is 0. The van der Waals surface area contributed by atoms with Gasteiger partial charge in [-0.2, -0.15) is 0 Å². The normalized spacial score (nSPS) is 10.6. The summed E-state index contributed by atoms with van der Waals surface area (Å²) < 4.78 is 5.96. The SMILES string of the molecule is COC(=O)c1nnn(CC(N)=O)c1-c1sc(C)nc1C. The lowest BCUT2D eigenvalue weighted by atomic mass is 10.2. The van der Waals surface area contributed by atoms with Crippen molar-refractivity contribution < 1.29 is 14.3 Å². The van der Waals surface area contributed by atoms with Gasteiger partial charge in [-0.1, -0.05) is 5.21 Å². The van der Waals surface area contributed by atoms with E-state index in [1.165, 1.54) is 23.1 Å². The minimum absolute atomic E-state index is 0.0421. The van der Waals surface area contributed by atoms with Gasteiger partial charge in [0.25, 0.3) is 0 Å². The zero-order valence-corrected chi connectivity index (χ0v) is 12.0. The van der Waals surface area contributed by atoms with Crippen molar-refractivity contribution in [2.45, 2.75) is 20.4 Å². The molecule has 106 valence electrons. The van der Waals surface area contributed by atoms with Crippen LogP contribution in [0.15, 0.2) is 0 Å². The van der Waals surface area contributed by atoms with Crippen LogP contribution in [0.1, 0.15) is 21.2 Å². The van der Waals surface area contributed by atoms with Gasteiger partial charge in [0, 0.05) is 0 Å². The predicted octanol–water partition coefficient (Wildman–Crippen LogP) is 0.290. The number of esters is 1. The van der Waals surface area contributed by atoms with Gasteiger partial charge in [-0.05, 0) is 13.8 Å². The molecule has 1 amide bonds. The highest BCUT2D eigenvalue weighted by Crippen LogP contribution is 2.31. The highest BCUT2D eigenvalue weighted by molar-refractivity contribution is 7.15. The Bertz CT molecular complexity index is 676. The van der Waals surface area contributed by atoms with Crippen LogP contribution in [0.4, 0.5) is 0 Å². The van der Waals surface area contributed by atoms with Gasteiger partial charge in [-0.25, -0.2) is 14.5 Å². The van der Waals surface area contributed by atoms with Gasteiger partial charge in [0.05, 0.1) is 22.7 Å². The van der Waals surface area contributed by atoms with E-state index in [0.29, 0.717) is 10.6 Å². The third-order valence-electron chi connectivity index (χ3n) is 2.54. The fourth-order valence-electron chi connectivity index (χ4n) is 1.78. The summed E-state index contributed by atoms with van der Waals surface area (Å²) in [6.45, 7) is 3.48. The molecule has 2 heterocycles. The highest BCUT2D eigenvalue weighted by Gasteiger charge is 2.25. The second kappa shape index (κ2) is 5.37. The number of methoxy groups -OCH3 is 1. The molecule has 2 aromatic heterocycles. The smallest absolute Gasteiger partial charge is 0.360 e. The number of ether oxygens (including phenoxy) is 1. The lowest BCUT2D eigenvalue weighted by Crippen LogP contribution is -2.20. The fraction of sp³-hybridized carbons (Fsp3) is 0.364. The number of primary amides is 1. The Labute approximate surface area is 118 Å². The third-order valence-corrected chi connectivity index (χ3v) is 3.62. The summed E-state index contributed by atoms with van der Waals surface area (Å²) in [7, 11) is 1.25. The molecule has 0 aliphatic rings. The molecule has 20 heavy (non-hydrogen) atoms. The van der Waals surface area contributed by atoms with Crippen molar-refractivity contribution in [3.63, 3.8) is 0 Å². The van der Waals surface area contributed by atoms with E-state index >= 15 is 0 Å². The highest BCUT2D eigenvalue weighted by atomic mass is 32.1. The van der Waals surface area contributed by atoms with Crippen molar-refractivity contribution in [3.8, 4) is 10.6 Å². The summed E-state index contributed by atoms with van der Waals surface area (Å²) in [6, 6.07) is 0. The van der Waals surface area contributed by atoms with Gasteiger partial charge in [-0.15, -0.1) is 16.4 Å². The van der Waals surface area contributed by atoms with E-state index in [4.69, 9.17) is 5.73 Å². The Hall–Kier alpha value is -2.29. The number of aromatic nitrogens is 4. The van der Waals surface area contributed by atoms with Gasteiger partial charge in [0.15, 0.2) is 5.69 Å². The Morgan fingerprint density at radius 3 is 2.60 bits per heavy atom. The van der Waals surface area contributed by atoms with E-state index in [9.17, 15) is 9.59 Å². The molecule has 0 fully saturated rings. The number of nitrogens with zero attached hydrogens (tertiary/aromatic N) is 4. The van der Waals surface area contributed by atoms with Gasteiger partial charge in [-0.3, -0.25) is 4.79 Å². The average Bonchev–Trinajstić information content (AvgIpc) is 2.91. The lowest BCUT2D eigenvalue weighted by molar-refractivity contribution is -0.118. The maximum atomic E-state index is 11.8. The summed E-state index contributed by atoms with van der Waals surface area (Å²) in [5, 5.41) is 8.41. The molecule has 0 saturated heterocycles. The second-order valence-electron chi connectivity index (χ2n) is 4.05. The van der Waals surface area contributed by atoms with Crippen molar-refractivity contribution in [1.29, 1.82) is 0 Å². The Kier molecular flexibility index (Phi) is 3.79. The Balaban J connectivity index is 2.63. The van der Waals surface area contributed by atoms with E-state index < -0.39 is 11.9 Å². The minimum Gasteiger partial charge on any atom is -0.464 e. The number of rotatable bonds is 4. The minimum atomic E-state index is -0.624. The summed E-state index contributed by atoms with van der Waals surface area (Å²) in [5.74, 6) is -1.20. The van der Waals surface area contributed by atoms with E-state index in [1.54, 1.807) is 0 Å². The molecule has 0 aromatic carbocycles. The van der Waals surface area contributed by atoms with Crippen LogP contribution >= 0.6 is 11.3 Å². The molecule has 0 saturated carbocycles. The molecule has 0 aliphatic carbocycles. The quantitative estimate of drug-likeness (QED) is 0.811. The first-order valence-electron chi connectivity index (χ1n) is 5.68. The van der Waals surface area contributed by atoms with Crippen LogP contribution in [0, 0.1) is 13.8 Å². The molecule has 0 aliphatic heterocycles. The van der Waals surface area contributed by atoms with Gasteiger partial charge in [0.1, 0.15) is 12.2 Å². The second-order valence-corrected chi connectivity index (χ2v) is 5.25. The number of carbonyl (C=O) groups is 2. The topological polar surface area (TPSA) is 113 Å². The molecule has 0 unspecified atom stereocenters. The van der Waals surface area contributed by atoms with Crippen molar-refractivity contribution in [2.75, 3.05) is 7.11 Å². The monoisotopic (exact) mass is 295 g/mol. The van der Waals surface area contributed by atoms with E-state index in [1.807, 2.05) is 13.8 Å². The Morgan fingerprint density at radius 2 is 2.10 bits per heavy atom. The maximum absolute atomic E-state index is 11.8. The zero-order chi connectivity index (χ0) is 14.9. The standard InChI is InChI=1S/C11H13N5O3S/c1-5-10(20-6(2)13-5)9-8(11(18)19-3)14-15-16(9)4-7(12)17/h4H2,1-3H3,(H2,12,17). The third kappa shape index (κ3) is 2.52. The van der Waals surface area contributed by atoms with Gasteiger partial charge < -0.3 is 10.5 Å². The largest absolute Gasteiger partial charge is 0.464 e. The molecule has 0 spiro atoms. The molecule has 9 heteroatoms. The van der Waals surface area contributed by atoms with Crippen LogP contribution < -0.4 is 5.73 Å². The molecule has 8 nitrogen and oxygen atoms in total. The number of hydrogen-bond donors (Lipinski definition) is 1. The number of thiazole rings is 1. The summed E-state index contributed by atoms with van der Waals surface area (Å²) >= 11 is 1.38. The number of hydrogen-bond acceptors (Lipinski definition) is 7. The van der Waals surface area contributed by atoms with E-state index in [2.05, 4.69) is 20.0 Å². The number of aryl methyl sites for hydroxylation is 2. The summed E-state index contributed by atoms with van der Waals surface area (Å²) in [5.41, 5.74) is 6.35. The molecule has 2 N–H and O–H groups in total. The average molecular weight is 295 g/mol. The van der Waals surface area contributed by atoms with Gasteiger partial charge >= 0.3 is 5.97 Å². The molecule has 2 rings (SSSR count). The molecule has 2 aromatic rings. The van der Waals surface area contributed by atoms with Gasteiger partial charge in [0.2, 0.25) is 5.91 Å². The van der Waals surface area contributed by atoms with Crippen LogP contribution in [0.3, 0.4) is 0 Å². The lowest BCUT2D eigenvalue weighted by Gasteiger charge is -2.04. The molecular formula is C11H13N5O3S. The van der Waals surface area contributed by atoms with Crippen LogP contribution in [0.2, 0.25) is 0 Å². The van der Waals surface area contributed by atoms with Crippen LogP contribution in [-0.2, 0) is 16.1 Å². The Morgan fingerprint density at radius 1 is 1.40 bits per heavy atom. The molecular weight excluding hydrogens is 282 g/mol. The summed E-state index contributed by atoms with van der Waals surface area (Å²) in [4.78, 5) is 27.9. The first-order chi connectivity index (χ1) is 9.43. The number of carbonyl (C=O) groups excluding carboxylic acids is 2. The van der Waals surface area contributed by atoms with Crippen molar-refractivity contribution in [3.05, 3.63) is 16.4 Å². The first kappa shape index (κ1) is 14.1. The van der Waals surface area contributed by atoms with Crippen LogP contribution in [0.25, 0.3) is 10.6 Å². The molecule has 0 bridgehead atoms. The molecule has 0 radical (unpaired) electrons. The number of nitrogens with two attached hydrogens (primary N) is 1. The van der Waals surface area contributed by atoms with Crippen molar-refractivity contribution in [1.82, 2.24) is 20.0 Å². The van der Waals surface area contributed by atoms with Crippen LogP contribution in [-0.4, -0.2) is 39.0 Å². The molecule has 0 atom stereocenters. The predicted molar refractivity (Wildman–Crippen MR) is 71.1 cm³/mol. The number of amides is 1. The first-order valence-corrected chi connectivity index (χ1v) is 6.50.